The normalized spacial score (nSPS) is 17.0. The highest BCUT2D eigenvalue weighted by atomic mass is 35.5. The van der Waals surface area contributed by atoms with Crippen molar-refractivity contribution in [3.05, 3.63) is 29.0 Å². The lowest BCUT2D eigenvalue weighted by molar-refractivity contribution is 0.0953. The molecule has 2 aromatic heterocycles. The van der Waals surface area contributed by atoms with Gasteiger partial charge in [0, 0.05) is 25.0 Å². The summed E-state index contributed by atoms with van der Waals surface area (Å²) in [5.74, 6) is 0.489. The van der Waals surface area contributed by atoms with Crippen LogP contribution in [0.15, 0.2) is 18.5 Å². The number of hydrogen-bond donors (Lipinski definition) is 2. The van der Waals surface area contributed by atoms with E-state index in [2.05, 4.69) is 25.6 Å². The average Bonchev–Trinajstić information content (AvgIpc) is 3.15. The van der Waals surface area contributed by atoms with E-state index in [-0.39, 0.29) is 18.3 Å². The van der Waals surface area contributed by atoms with Crippen molar-refractivity contribution < 1.29 is 4.79 Å². The molecule has 3 heterocycles. The van der Waals surface area contributed by atoms with E-state index < -0.39 is 0 Å². The van der Waals surface area contributed by atoms with Gasteiger partial charge in [-0.1, -0.05) is 0 Å². The van der Waals surface area contributed by atoms with Gasteiger partial charge in [-0.3, -0.25) is 4.79 Å². The van der Waals surface area contributed by atoms with Crippen LogP contribution < -0.4 is 10.6 Å². The molecule has 2 aromatic rings. The van der Waals surface area contributed by atoms with Crippen LogP contribution in [0.5, 0.6) is 0 Å². The quantitative estimate of drug-likeness (QED) is 0.888. The van der Waals surface area contributed by atoms with Gasteiger partial charge in [0.2, 0.25) is 0 Å². The van der Waals surface area contributed by atoms with E-state index in [1.807, 2.05) is 6.92 Å². The Bertz CT molecular complexity index is 627. The SMILES string of the molecule is Cc1nc(-c2ncccn2)sc1C(=O)NCC1CCCN1.Cl. The Morgan fingerprint density at radius 1 is 1.45 bits per heavy atom. The Kier molecular flexibility index (Phi) is 5.82. The zero-order chi connectivity index (χ0) is 14.7. The number of hydrogen-bond acceptors (Lipinski definition) is 6. The van der Waals surface area contributed by atoms with Gasteiger partial charge in [-0.2, -0.15) is 0 Å². The van der Waals surface area contributed by atoms with Crippen molar-refractivity contribution in [1.29, 1.82) is 0 Å². The Morgan fingerprint density at radius 2 is 2.23 bits per heavy atom. The first-order valence-corrected chi connectivity index (χ1v) is 7.82. The maximum atomic E-state index is 12.3. The molecule has 22 heavy (non-hydrogen) atoms. The van der Waals surface area contributed by atoms with Gasteiger partial charge in [0.1, 0.15) is 4.88 Å². The molecule has 0 spiro atoms. The minimum Gasteiger partial charge on any atom is -0.350 e. The van der Waals surface area contributed by atoms with Crippen molar-refractivity contribution >= 4 is 29.7 Å². The van der Waals surface area contributed by atoms with Gasteiger partial charge in [0.05, 0.1) is 5.69 Å². The first-order chi connectivity index (χ1) is 10.2. The molecule has 1 atom stereocenters. The van der Waals surface area contributed by atoms with E-state index in [0.29, 0.717) is 28.3 Å². The third kappa shape index (κ3) is 3.79. The van der Waals surface area contributed by atoms with Crippen LogP contribution in [0.3, 0.4) is 0 Å². The molecule has 0 aliphatic carbocycles. The molecule has 1 fully saturated rings. The summed E-state index contributed by atoms with van der Waals surface area (Å²) in [5, 5.41) is 7.01. The predicted octanol–water partition coefficient (Wildman–Crippen LogP) is 1.81. The number of aryl methyl sites for hydroxylation is 1. The fraction of sp³-hybridized carbons (Fsp3) is 0.429. The van der Waals surface area contributed by atoms with Crippen LogP contribution in [0.1, 0.15) is 28.2 Å². The predicted molar refractivity (Wildman–Crippen MR) is 88.5 cm³/mol. The molecule has 1 saturated heterocycles. The summed E-state index contributed by atoms with van der Waals surface area (Å²) in [7, 11) is 0. The van der Waals surface area contributed by atoms with E-state index in [9.17, 15) is 4.79 Å². The summed E-state index contributed by atoms with van der Waals surface area (Å²) in [6.45, 7) is 3.54. The number of nitrogens with one attached hydrogen (secondary N) is 2. The highest BCUT2D eigenvalue weighted by Crippen LogP contribution is 2.24. The standard InChI is InChI=1S/C14H17N5OS.ClH/c1-9-11(13(20)18-8-10-4-2-5-15-10)21-14(19-9)12-16-6-3-7-17-12;/h3,6-7,10,15H,2,4-5,8H2,1H3,(H,18,20);1H. The Morgan fingerprint density at radius 3 is 2.91 bits per heavy atom. The van der Waals surface area contributed by atoms with Crippen LogP contribution in [0.2, 0.25) is 0 Å². The van der Waals surface area contributed by atoms with Crippen molar-refractivity contribution in [3.8, 4) is 10.8 Å². The van der Waals surface area contributed by atoms with E-state index in [1.165, 1.54) is 17.8 Å². The van der Waals surface area contributed by atoms with Crippen molar-refractivity contribution in [1.82, 2.24) is 25.6 Å². The summed E-state index contributed by atoms with van der Waals surface area (Å²) in [5.41, 5.74) is 0.722. The second kappa shape index (κ2) is 7.62. The third-order valence-electron chi connectivity index (χ3n) is 3.43. The van der Waals surface area contributed by atoms with Crippen LogP contribution in [-0.2, 0) is 0 Å². The number of carbonyl (C=O) groups is 1. The molecule has 1 unspecified atom stereocenters. The number of halogens is 1. The Balaban J connectivity index is 0.00000176. The van der Waals surface area contributed by atoms with Crippen LogP contribution in [0, 0.1) is 6.92 Å². The van der Waals surface area contributed by atoms with Gasteiger partial charge in [0.15, 0.2) is 10.8 Å². The van der Waals surface area contributed by atoms with Crippen LogP contribution in [0.4, 0.5) is 0 Å². The van der Waals surface area contributed by atoms with E-state index in [4.69, 9.17) is 0 Å². The summed E-state index contributed by atoms with van der Waals surface area (Å²) >= 11 is 1.33. The number of amides is 1. The minimum absolute atomic E-state index is 0. The smallest absolute Gasteiger partial charge is 0.263 e. The van der Waals surface area contributed by atoms with Crippen molar-refractivity contribution in [2.45, 2.75) is 25.8 Å². The highest BCUT2D eigenvalue weighted by molar-refractivity contribution is 7.17. The third-order valence-corrected chi connectivity index (χ3v) is 4.58. The molecule has 0 aromatic carbocycles. The summed E-state index contributed by atoms with van der Waals surface area (Å²) in [6.07, 6.45) is 5.63. The van der Waals surface area contributed by atoms with E-state index in [1.54, 1.807) is 18.5 Å². The highest BCUT2D eigenvalue weighted by Gasteiger charge is 2.19. The molecule has 0 bridgehead atoms. The van der Waals surface area contributed by atoms with Crippen LogP contribution in [0.25, 0.3) is 10.8 Å². The Hall–Kier alpha value is -1.57. The zero-order valence-electron chi connectivity index (χ0n) is 12.2. The maximum Gasteiger partial charge on any atom is 0.263 e. The van der Waals surface area contributed by atoms with Crippen molar-refractivity contribution in [3.63, 3.8) is 0 Å². The second-order valence-corrected chi connectivity index (χ2v) is 6.01. The van der Waals surface area contributed by atoms with Gasteiger partial charge in [-0.25, -0.2) is 15.0 Å². The number of nitrogens with zero attached hydrogens (tertiary/aromatic N) is 3. The fourth-order valence-electron chi connectivity index (χ4n) is 2.34. The molecule has 2 N–H and O–H groups in total. The zero-order valence-corrected chi connectivity index (χ0v) is 13.8. The molecule has 0 saturated carbocycles. The molecular formula is C14H18ClN5OS. The molecule has 1 aliphatic heterocycles. The summed E-state index contributed by atoms with van der Waals surface area (Å²) in [4.78, 5) is 25.6. The Labute approximate surface area is 139 Å². The van der Waals surface area contributed by atoms with Crippen LogP contribution in [-0.4, -0.2) is 40.0 Å². The molecule has 0 radical (unpaired) electrons. The van der Waals surface area contributed by atoms with Gasteiger partial charge < -0.3 is 10.6 Å². The van der Waals surface area contributed by atoms with Crippen molar-refractivity contribution in [2.75, 3.05) is 13.1 Å². The van der Waals surface area contributed by atoms with Crippen molar-refractivity contribution in [2.24, 2.45) is 0 Å². The molecule has 6 nitrogen and oxygen atoms in total. The number of aromatic nitrogens is 3. The molecule has 8 heteroatoms. The molecule has 118 valence electrons. The second-order valence-electron chi connectivity index (χ2n) is 5.01. The lowest BCUT2D eigenvalue weighted by Gasteiger charge is -2.10. The number of thiazole rings is 1. The monoisotopic (exact) mass is 339 g/mol. The van der Waals surface area contributed by atoms with Gasteiger partial charge in [-0.05, 0) is 32.4 Å². The summed E-state index contributed by atoms with van der Waals surface area (Å²) < 4.78 is 0. The van der Waals surface area contributed by atoms with Gasteiger partial charge >= 0.3 is 0 Å². The largest absolute Gasteiger partial charge is 0.350 e. The van der Waals surface area contributed by atoms with Gasteiger partial charge in [-0.15, -0.1) is 23.7 Å². The fourth-order valence-corrected chi connectivity index (χ4v) is 3.27. The lowest BCUT2D eigenvalue weighted by atomic mass is 10.2. The van der Waals surface area contributed by atoms with E-state index >= 15 is 0 Å². The van der Waals surface area contributed by atoms with E-state index in [0.717, 1.165) is 18.7 Å². The molecular weight excluding hydrogens is 322 g/mol. The molecule has 1 amide bonds. The molecule has 3 rings (SSSR count). The average molecular weight is 340 g/mol. The molecule has 1 aliphatic rings. The first-order valence-electron chi connectivity index (χ1n) is 7.00. The first kappa shape index (κ1) is 16.8. The van der Waals surface area contributed by atoms with Crippen LogP contribution >= 0.6 is 23.7 Å². The maximum absolute atomic E-state index is 12.3. The van der Waals surface area contributed by atoms with Gasteiger partial charge in [0.25, 0.3) is 5.91 Å². The topological polar surface area (TPSA) is 79.8 Å². The minimum atomic E-state index is -0.0686. The number of rotatable bonds is 4. The lowest BCUT2D eigenvalue weighted by Crippen LogP contribution is -2.37. The number of carbonyl (C=O) groups excluding carboxylic acids is 1. The summed E-state index contributed by atoms with van der Waals surface area (Å²) in [6, 6.07) is 2.14.